The number of hydrogen-bond donors (Lipinski definition) is 0. The third-order valence-corrected chi connectivity index (χ3v) is 4.37. The SMILES string of the molecule is CN(CC1CCCCO1)CC(C)(C)CBr. The van der Waals surface area contributed by atoms with Crippen LogP contribution in [-0.2, 0) is 4.74 Å². The highest BCUT2D eigenvalue weighted by molar-refractivity contribution is 9.09. The summed E-state index contributed by atoms with van der Waals surface area (Å²) in [6.45, 7) is 7.74. The van der Waals surface area contributed by atoms with Crippen molar-refractivity contribution in [2.45, 2.75) is 39.2 Å². The van der Waals surface area contributed by atoms with Crippen molar-refractivity contribution in [1.29, 1.82) is 0 Å². The van der Waals surface area contributed by atoms with Crippen molar-refractivity contribution in [2.24, 2.45) is 5.41 Å². The second-order valence-electron chi connectivity index (χ2n) is 5.48. The molecule has 1 aliphatic heterocycles. The lowest BCUT2D eigenvalue weighted by Gasteiger charge is -2.32. The lowest BCUT2D eigenvalue weighted by Crippen LogP contribution is -2.39. The molecule has 1 saturated heterocycles. The van der Waals surface area contributed by atoms with E-state index in [2.05, 4.69) is 41.7 Å². The Morgan fingerprint density at radius 1 is 1.40 bits per heavy atom. The van der Waals surface area contributed by atoms with Crippen LogP contribution in [0.2, 0.25) is 0 Å². The fourth-order valence-corrected chi connectivity index (χ4v) is 2.31. The molecular weight excluding hydrogens is 254 g/mol. The molecule has 1 aliphatic rings. The van der Waals surface area contributed by atoms with Gasteiger partial charge in [0.15, 0.2) is 0 Å². The molecule has 0 aromatic rings. The lowest BCUT2D eigenvalue weighted by molar-refractivity contribution is -0.00529. The Morgan fingerprint density at radius 2 is 2.13 bits per heavy atom. The minimum atomic E-state index is 0.351. The Hall–Kier alpha value is 0.400. The Kier molecular flexibility index (Phi) is 5.58. The predicted octanol–water partition coefficient (Wildman–Crippen LogP) is 2.91. The topological polar surface area (TPSA) is 12.5 Å². The molecule has 3 heteroatoms. The molecule has 0 aliphatic carbocycles. The highest BCUT2D eigenvalue weighted by Crippen LogP contribution is 2.20. The van der Waals surface area contributed by atoms with Gasteiger partial charge in [-0.1, -0.05) is 29.8 Å². The van der Waals surface area contributed by atoms with Crippen molar-refractivity contribution in [2.75, 3.05) is 32.1 Å². The normalized spacial score (nSPS) is 23.4. The van der Waals surface area contributed by atoms with Crippen LogP contribution in [0.3, 0.4) is 0 Å². The molecule has 0 bridgehead atoms. The summed E-state index contributed by atoms with van der Waals surface area (Å²) < 4.78 is 5.74. The molecule has 1 atom stereocenters. The number of ether oxygens (including phenoxy) is 1. The van der Waals surface area contributed by atoms with Gasteiger partial charge in [0.05, 0.1) is 6.10 Å². The van der Waals surface area contributed by atoms with E-state index >= 15 is 0 Å². The van der Waals surface area contributed by atoms with Crippen LogP contribution in [-0.4, -0.2) is 43.1 Å². The molecule has 1 unspecified atom stereocenters. The molecule has 0 aromatic heterocycles. The number of likely N-dealkylation sites (N-methyl/N-ethyl adjacent to an activating group) is 1. The number of alkyl halides is 1. The van der Waals surface area contributed by atoms with Gasteiger partial charge < -0.3 is 9.64 Å². The molecule has 0 N–H and O–H groups in total. The Morgan fingerprint density at radius 3 is 2.67 bits per heavy atom. The van der Waals surface area contributed by atoms with E-state index in [1.165, 1.54) is 19.3 Å². The molecule has 0 aromatic carbocycles. The van der Waals surface area contributed by atoms with E-state index in [1.807, 2.05) is 0 Å². The molecule has 0 saturated carbocycles. The maximum absolute atomic E-state index is 5.74. The minimum Gasteiger partial charge on any atom is -0.377 e. The number of halogens is 1. The molecule has 0 amide bonds. The first-order valence-electron chi connectivity index (χ1n) is 5.89. The van der Waals surface area contributed by atoms with Crippen LogP contribution in [0.15, 0.2) is 0 Å². The monoisotopic (exact) mass is 277 g/mol. The van der Waals surface area contributed by atoms with E-state index in [1.54, 1.807) is 0 Å². The molecular formula is C12H24BrNO. The molecule has 15 heavy (non-hydrogen) atoms. The number of rotatable bonds is 5. The summed E-state index contributed by atoms with van der Waals surface area (Å²) in [4.78, 5) is 2.40. The van der Waals surface area contributed by atoms with E-state index in [4.69, 9.17) is 4.74 Å². The van der Waals surface area contributed by atoms with Crippen molar-refractivity contribution in [3.63, 3.8) is 0 Å². The van der Waals surface area contributed by atoms with Gasteiger partial charge in [0.1, 0.15) is 0 Å². The predicted molar refractivity (Wildman–Crippen MR) is 68.7 cm³/mol. The minimum absolute atomic E-state index is 0.351. The van der Waals surface area contributed by atoms with Crippen molar-refractivity contribution < 1.29 is 4.74 Å². The van der Waals surface area contributed by atoms with Crippen LogP contribution in [0.25, 0.3) is 0 Å². The van der Waals surface area contributed by atoms with Gasteiger partial charge >= 0.3 is 0 Å². The summed E-state index contributed by atoms with van der Waals surface area (Å²) >= 11 is 3.57. The Bertz CT molecular complexity index is 178. The van der Waals surface area contributed by atoms with Gasteiger partial charge in [0.25, 0.3) is 0 Å². The summed E-state index contributed by atoms with van der Waals surface area (Å²) in [6.07, 6.45) is 4.28. The maximum Gasteiger partial charge on any atom is 0.0701 e. The van der Waals surface area contributed by atoms with Crippen molar-refractivity contribution in [3.8, 4) is 0 Å². The average Bonchev–Trinajstić information content (AvgIpc) is 2.18. The van der Waals surface area contributed by atoms with Gasteiger partial charge in [-0.2, -0.15) is 0 Å². The summed E-state index contributed by atoms with van der Waals surface area (Å²) in [5.41, 5.74) is 0.351. The molecule has 1 heterocycles. The average molecular weight is 278 g/mol. The summed E-state index contributed by atoms with van der Waals surface area (Å²) in [7, 11) is 2.20. The van der Waals surface area contributed by atoms with Crippen LogP contribution in [0.1, 0.15) is 33.1 Å². The lowest BCUT2D eigenvalue weighted by atomic mass is 9.96. The first kappa shape index (κ1) is 13.5. The Labute approximate surface area is 102 Å². The fraction of sp³-hybridized carbons (Fsp3) is 1.00. The molecule has 1 fully saturated rings. The zero-order chi connectivity index (χ0) is 11.3. The van der Waals surface area contributed by atoms with E-state index in [0.29, 0.717) is 11.5 Å². The summed E-state index contributed by atoms with van der Waals surface area (Å²) in [5, 5.41) is 1.05. The summed E-state index contributed by atoms with van der Waals surface area (Å²) in [5.74, 6) is 0. The van der Waals surface area contributed by atoms with Crippen molar-refractivity contribution in [1.82, 2.24) is 4.90 Å². The first-order chi connectivity index (χ1) is 7.03. The van der Waals surface area contributed by atoms with Crippen LogP contribution < -0.4 is 0 Å². The molecule has 1 rings (SSSR count). The standard InChI is InChI=1S/C12H24BrNO/c1-12(2,9-13)10-14(3)8-11-6-4-5-7-15-11/h11H,4-10H2,1-3H3. The number of hydrogen-bond acceptors (Lipinski definition) is 2. The van der Waals surface area contributed by atoms with Gasteiger partial charge in [-0.25, -0.2) is 0 Å². The third-order valence-electron chi connectivity index (χ3n) is 2.85. The molecule has 0 radical (unpaired) electrons. The second kappa shape index (κ2) is 6.21. The van der Waals surface area contributed by atoms with Gasteiger partial charge in [0.2, 0.25) is 0 Å². The van der Waals surface area contributed by atoms with Crippen LogP contribution >= 0.6 is 15.9 Å². The van der Waals surface area contributed by atoms with Gasteiger partial charge in [-0.05, 0) is 31.7 Å². The van der Waals surface area contributed by atoms with Crippen LogP contribution in [0.4, 0.5) is 0 Å². The van der Waals surface area contributed by atoms with Crippen molar-refractivity contribution in [3.05, 3.63) is 0 Å². The zero-order valence-electron chi connectivity index (χ0n) is 10.3. The maximum atomic E-state index is 5.74. The smallest absolute Gasteiger partial charge is 0.0701 e. The zero-order valence-corrected chi connectivity index (χ0v) is 11.8. The van der Waals surface area contributed by atoms with Gasteiger partial charge in [0, 0.05) is 25.0 Å². The second-order valence-corrected chi connectivity index (χ2v) is 6.04. The van der Waals surface area contributed by atoms with E-state index in [0.717, 1.165) is 25.0 Å². The largest absolute Gasteiger partial charge is 0.377 e. The van der Waals surface area contributed by atoms with Crippen LogP contribution in [0.5, 0.6) is 0 Å². The van der Waals surface area contributed by atoms with E-state index in [-0.39, 0.29) is 0 Å². The highest BCUT2D eigenvalue weighted by Gasteiger charge is 2.21. The summed E-state index contributed by atoms with van der Waals surface area (Å²) in [6, 6.07) is 0. The quantitative estimate of drug-likeness (QED) is 0.717. The highest BCUT2D eigenvalue weighted by atomic mass is 79.9. The van der Waals surface area contributed by atoms with Crippen LogP contribution in [0, 0.1) is 5.41 Å². The van der Waals surface area contributed by atoms with E-state index < -0.39 is 0 Å². The van der Waals surface area contributed by atoms with Gasteiger partial charge in [-0.15, -0.1) is 0 Å². The van der Waals surface area contributed by atoms with Gasteiger partial charge in [-0.3, -0.25) is 0 Å². The fourth-order valence-electron chi connectivity index (χ4n) is 2.14. The molecule has 90 valence electrons. The Balaban J connectivity index is 2.25. The number of nitrogens with zero attached hydrogens (tertiary/aromatic N) is 1. The molecule has 2 nitrogen and oxygen atoms in total. The van der Waals surface area contributed by atoms with E-state index in [9.17, 15) is 0 Å². The molecule has 0 spiro atoms. The first-order valence-corrected chi connectivity index (χ1v) is 7.02. The van der Waals surface area contributed by atoms with Crippen molar-refractivity contribution >= 4 is 15.9 Å². The third kappa shape index (κ3) is 5.32.